The van der Waals surface area contributed by atoms with Gasteiger partial charge in [0.05, 0.1) is 48.7 Å². The molecule has 0 aromatic heterocycles. The highest BCUT2D eigenvalue weighted by Crippen LogP contribution is 2.21. The Morgan fingerprint density at radius 2 is 1.22 bits per heavy atom. The van der Waals surface area contributed by atoms with Gasteiger partial charge in [-0.3, -0.25) is 4.39 Å². The molecule has 0 rings (SSSR count). The van der Waals surface area contributed by atoms with Crippen molar-refractivity contribution in [1.29, 1.82) is 0 Å². The van der Waals surface area contributed by atoms with Crippen LogP contribution < -0.4 is 0 Å². The summed E-state index contributed by atoms with van der Waals surface area (Å²) in [6, 6.07) is 0. The summed E-state index contributed by atoms with van der Waals surface area (Å²) < 4.78 is 95.3. The van der Waals surface area contributed by atoms with Crippen molar-refractivity contribution in [3.63, 3.8) is 0 Å². The van der Waals surface area contributed by atoms with Gasteiger partial charge in [-0.25, -0.2) is 26.0 Å². The van der Waals surface area contributed by atoms with Crippen LogP contribution in [-0.4, -0.2) is 80.7 Å². The highest BCUT2D eigenvalue weighted by atomic mass is 32.2. The molecule has 10 heteroatoms. The Kier molecular flexibility index (Phi) is 15.4. The Morgan fingerprint density at radius 1 is 0.815 bits per heavy atom. The molecule has 0 N–H and O–H groups in total. The van der Waals surface area contributed by atoms with Crippen molar-refractivity contribution in [3.05, 3.63) is 0 Å². The second-order valence-electron chi connectivity index (χ2n) is 6.44. The van der Waals surface area contributed by atoms with Gasteiger partial charge >= 0.3 is 0 Å². The largest absolute Gasteiger partial charge is 0.748 e. The van der Waals surface area contributed by atoms with Crippen molar-refractivity contribution >= 4 is 10.1 Å². The minimum Gasteiger partial charge on any atom is -0.748 e. The Bertz CT molecular complexity index is 446. The fourth-order valence-corrected chi connectivity index (χ4v) is 3.19. The molecule has 166 valence electrons. The number of quaternary nitrogens is 1. The third-order valence-corrected chi connectivity index (χ3v) is 5.63. The smallest absolute Gasteiger partial charge is 0.166 e. The summed E-state index contributed by atoms with van der Waals surface area (Å²) in [6.45, 7) is 13.5. The number of hydrogen-bond acceptors (Lipinski definition) is 3. The summed E-state index contributed by atoms with van der Waals surface area (Å²) in [5.74, 6) is -1.74. The van der Waals surface area contributed by atoms with Crippen LogP contribution in [0, 0.1) is 0 Å². The van der Waals surface area contributed by atoms with Crippen molar-refractivity contribution in [2.75, 3.05) is 38.6 Å². The molecule has 0 aliphatic carbocycles. The van der Waals surface area contributed by atoms with E-state index in [2.05, 4.69) is 27.7 Å². The monoisotopic (exact) mass is 427 g/mol. The lowest BCUT2D eigenvalue weighted by molar-refractivity contribution is -0.921. The van der Waals surface area contributed by atoms with Crippen LogP contribution >= 0.6 is 0 Å². The standard InChI is InChI=1S/C9H15F5O3S.C8H20N/c10-4-2-1-3-6(11)8(13)9(14)7(12)5-18(15,16)17;1-5-9(6-2,7-3)8-4/h6-9H,1-5H2,(H,15,16,17);5-8H2,1-4H3/q;+1/p-1. The second-order valence-corrected chi connectivity index (χ2v) is 7.89. The van der Waals surface area contributed by atoms with E-state index in [1.54, 1.807) is 0 Å². The highest BCUT2D eigenvalue weighted by Gasteiger charge is 2.36. The van der Waals surface area contributed by atoms with Gasteiger partial charge < -0.3 is 9.04 Å². The molecule has 4 nitrogen and oxygen atoms in total. The number of rotatable bonds is 13. The van der Waals surface area contributed by atoms with Crippen LogP contribution in [0.15, 0.2) is 0 Å². The first kappa shape index (κ1) is 28.7. The van der Waals surface area contributed by atoms with E-state index in [1.807, 2.05) is 0 Å². The van der Waals surface area contributed by atoms with E-state index < -0.39 is 53.7 Å². The number of hydrogen-bond donors (Lipinski definition) is 0. The molecule has 0 aliphatic rings. The first-order valence-electron chi connectivity index (χ1n) is 9.34. The Morgan fingerprint density at radius 3 is 1.52 bits per heavy atom. The molecule has 0 radical (unpaired) electrons. The molecule has 0 saturated carbocycles. The molecule has 27 heavy (non-hydrogen) atoms. The van der Waals surface area contributed by atoms with Gasteiger partial charge in [0.1, 0.15) is 12.3 Å². The third kappa shape index (κ3) is 12.6. The van der Waals surface area contributed by atoms with Crippen molar-refractivity contribution in [3.8, 4) is 0 Å². The molecular formula is C17H34F5NO3S. The number of unbranched alkanes of at least 4 members (excludes halogenated alkanes) is 1. The summed E-state index contributed by atoms with van der Waals surface area (Å²) in [6.07, 6.45) is -11.8. The first-order valence-corrected chi connectivity index (χ1v) is 10.9. The van der Waals surface area contributed by atoms with E-state index in [9.17, 15) is 34.9 Å². The topological polar surface area (TPSA) is 57.2 Å². The molecular weight excluding hydrogens is 393 g/mol. The van der Waals surface area contributed by atoms with Crippen LogP contribution in [0.1, 0.15) is 47.0 Å². The predicted octanol–water partition coefficient (Wildman–Crippen LogP) is 3.91. The average Bonchev–Trinajstić information content (AvgIpc) is 2.62. The number of halogens is 5. The lowest BCUT2D eigenvalue weighted by Crippen LogP contribution is -2.47. The SMILES string of the molecule is CC[N+](CC)(CC)CC.O=S(=O)([O-])CC(F)C(F)C(F)C(F)CCCCF. The molecule has 0 aliphatic heterocycles. The third-order valence-electron chi connectivity index (χ3n) is 4.91. The van der Waals surface area contributed by atoms with E-state index in [-0.39, 0.29) is 12.8 Å². The first-order chi connectivity index (χ1) is 12.4. The van der Waals surface area contributed by atoms with Crippen LogP contribution in [0.3, 0.4) is 0 Å². The lowest BCUT2D eigenvalue weighted by Gasteiger charge is -2.34. The molecule has 4 unspecified atom stereocenters. The van der Waals surface area contributed by atoms with Gasteiger partial charge in [-0.05, 0) is 47.0 Å². The molecule has 0 fully saturated rings. The van der Waals surface area contributed by atoms with E-state index >= 15 is 0 Å². The summed E-state index contributed by atoms with van der Waals surface area (Å²) in [4.78, 5) is 0. The molecule has 0 heterocycles. The van der Waals surface area contributed by atoms with Gasteiger partial charge in [0, 0.05) is 0 Å². The molecule has 4 atom stereocenters. The predicted molar refractivity (Wildman–Crippen MR) is 96.4 cm³/mol. The van der Waals surface area contributed by atoms with Gasteiger partial charge in [-0.2, -0.15) is 0 Å². The van der Waals surface area contributed by atoms with Gasteiger partial charge in [-0.15, -0.1) is 0 Å². The molecule has 0 aromatic rings. The fraction of sp³-hybridized carbons (Fsp3) is 1.00. The van der Waals surface area contributed by atoms with Gasteiger partial charge in [0.15, 0.2) is 12.3 Å². The van der Waals surface area contributed by atoms with Crippen molar-refractivity contribution < 1.29 is 39.4 Å². The minimum absolute atomic E-state index is 0.0297. The van der Waals surface area contributed by atoms with Crippen LogP contribution in [-0.2, 0) is 10.1 Å². The molecule has 0 saturated heterocycles. The van der Waals surface area contributed by atoms with Crippen LogP contribution in [0.25, 0.3) is 0 Å². The Labute approximate surface area is 160 Å². The highest BCUT2D eigenvalue weighted by molar-refractivity contribution is 7.85. The van der Waals surface area contributed by atoms with Crippen molar-refractivity contribution in [2.24, 2.45) is 0 Å². The van der Waals surface area contributed by atoms with E-state index in [0.717, 1.165) is 0 Å². The minimum atomic E-state index is -5.05. The maximum atomic E-state index is 13.1. The summed E-state index contributed by atoms with van der Waals surface area (Å²) in [5, 5.41) is 0. The fourth-order valence-electron chi connectivity index (χ4n) is 2.62. The number of nitrogens with zero attached hydrogens (tertiary/aromatic N) is 1. The van der Waals surface area contributed by atoms with Crippen LogP contribution in [0.5, 0.6) is 0 Å². The van der Waals surface area contributed by atoms with Crippen molar-refractivity contribution in [2.45, 2.75) is 71.6 Å². The quantitative estimate of drug-likeness (QED) is 0.194. The normalized spacial score (nSPS) is 16.8. The Hall–Kier alpha value is -0.480. The lowest BCUT2D eigenvalue weighted by atomic mass is 10.0. The van der Waals surface area contributed by atoms with Gasteiger partial charge in [-0.1, -0.05) is 0 Å². The second kappa shape index (κ2) is 14.5. The van der Waals surface area contributed by atoms with E-state index in [1.165, 1.54) is 30.7 Å². The maximum Gasteiger partial charge on any atom is 0.166 e. The van der Waals surface area contributed by atoms with Crippen LogP contribution in [0.2, 0.25) is 0 Å². The van der Waals surface area contributed by atoms with Gasteiger partial charge in [0.2, 0.25) is 0 Å². The molecule has 0 amide bonds. The average molecular weight is 428 g/mol. The molecule has 0 bridgehead atoms. The van der Waals surface area contributed by atoms with Gasteiger partial charge in [0.25, 0.3) is 0 Å². The number of alkyl halides is 5. The van der Waals surface area contributed by atoms with E-state index in [0.29, 0.717) is 0 Å². The summed E-state index contributed by atoms with van der Waals surface area (Å²) in [5.41, 5.74) is 0. The summed E-state index contributed by atoms with van der Waals surface area (Å²) >= 11 is 0. The van der Waals surface area contributed by atoms with E-state index in [4.69, 9.17) is 0 Å². The zero-order valence-corrected chi connectivity index (χ0v) is 17.5. The zero-order valence-electron chi connectivity index (χ0n) is 16.6. The molecule has 0 spiro atoms. The van der Waals surface area contributed by atoms with Crippen LogP contribution in [0.4, 0.5) is 22.0 Å². The maximum absolute atomic E-state index is 13.1. The van der Waals surface area contributed by atoms with Crippen molar-refractivity contribution in [1.82, 2.24) is 0 Å². The summed E-state index contributed by atoms with van der Waals surface area (Å²) in [7, 11) is -5.05. The Balaban J connectivity index is 0. The zero-order chi connectivity index (χ0) is 21.7. The molecule has 0 aromatic carbocycles.